The summed E-state index contributed by atoms with van der Waals surface area (Å²) in [7, 11) is -3.77. The molecule has 0 saturated carbocycles. The van der Waals surface area contributed by atoms with Crippen LogP contribution in [0.5, 0.6) is 0 Å². The number of fused-ring (bicyclic) bond motifs is 1. The molecule has 1 saturated heterocycles. The molecule has 1 aromatic rings. The maximum atomic E-state index is 13.0. The van der Waals surface area contributed by atoms with Gasteiger partial charge in [-0.2, -0.15) is 17.5 Å². The van der Waals surface area contributed by atoms with Crippen LogP contribution in [0.3, 0.4) is 0 Å². The van der Waals surface area contributed by atoms with Gasteiger partial charge in [-0.05, 0) is 32.0 Å². The van der Waals surface area contributed by atoms with Crippen LogP contribution in [0, 0.1) is 0 Å². The number of rotatable bonds is 4. The molecule has 6 nitrogen and oxygen atoms in total. The minimum Gasteiger partial charge on any atom is -0.379 e. The number of morpholine rings is 1. The van der Waals surface area contributed by atoms with E-state index in [1.165, 1.54) is 21.3 Å². The molecule has 1 atom stereocenters. The molecular weight excluding hydrogens is 371 g/mol. The van der Waals surface area contributed by atoms with Gasteiger partial charge in [-0.15, -0.1) is 0 Å². The molecule has 0 aliphatic carbocycles. The Balaban J connectivity index is 2.00. The van der Waals surface area contributed by atoms with Crippen LogP contribution < -0.4 is 9.80 Å². The van der Waals surface area contributed by atoms with Crippen LogP contribution in [-0.4, -0.2) is 64.5 Å². The summed E-state index contributed by atoms with van der Waals surface area (Å²) in [5, 5.41) is 0. The molecule has 3 rings (SSSR count). The summed E-state index contributed by atoms with van der Waals surface area (Å²) in [5.74, 6) is 0. The van der Waals surface area contributed by atoms with E-state index in [0.717, 1.165) is 0 Å². The summed E-state index contributed by atoms with van der Waals surface area (Å²) < 4.78 is 71.2. The fraction of sp³-hybridized carbons (Fsp3) is 0.625. The van der Waals surface area contributed by atoms with Gasteiger partial charge in [0, 0.05) is 19.6 Å². The van der Waals surface area contributed by atoms with E-state index in [4.69, 9.17) is 4.74 Å². The number of anilines is 2. The van der Waals surface area contributed by atoms with E-state index in [9.17, 15) is 21.6 Å². The second-order valence-electron chi connectivity index (χ2n) is 6.33. The van der Waals surface area contributed by atoms with E-state index in [1.807, 2.05) is 11.8 Å². The van der Waals surface area contributed by atoms with Gasteiger partial charge in [0.25, 0.3) is 0 Å². The third kappa shape index (κ3) is 3.49. The number of hydrogen-bond acceptors (Lipinski definition) is 5. The largest absolute Gasteiger partial charge is 0.405 e. The standard InChI is InChI=1S/C16H22F3N3O3S/c1-3-21-12(2)22(11-16(17,18)19)15-10-13(4-5-14(15)21)26(23,24)20-6-8-25-9-7-20/h4-5,10,12H,3,6-9,11H2,1-2H3. The molecule has 2 aliphatic heterocycles. The van der Waals surface area contributed by atoms with Crippen molar-refractivity contribution in [3.05, 3.63) is 18.2 Å². The van der Waals surface area contributed by atoms with Gasteiger partial charge in [0.1, 0.15) is 6.54 Å². The Morgan fingerprint density at radius 3 is 2.38 bits per heavy atom. The highest BCUT2D eigenvalue weighted by Gasteiger charge is 2.40. The molecule has 10 heteroatoms. The second kappa shape index (κ2) is 6.90. The molecular formula is C16H22F3N3O3S. The van der Waals surface area contributed by atoms with Gasteiger partial charge < -0.3 is 14.5 Å². The Kier molecular flexibility index (Phi) is 5.11. The first-order valence-electron chi connectivity index (χ1n) is 8.47. The summed E-state index contributed by atoms with van der Waals surface area (Å²) in [6.07, 6.45) is -4.88. The van der Waals surface area contributed by atoms with Crippen molar-refractivity contribution in [2.45, 2.75) is 31.1 Å². The highest BCUT2D eigenvalue weighted by atomic mass is 32.2. The highest BCUT2D eigenvalue weighted by Crippen LogP contribution is 2.42. The maximum absolute atomic E-state index is 13.0. The van der Waals surface area contributed by atoms with Gasteiger partial charge in [-0.25, -0.2) is 8.42 Å². The molecule has 1 fully saturated rings. The summed E-state index contributed by atoms with van der Waals surface area (Å²) in [5.41, 5.74) is 0.913. The lowest BCUT2D eigenvalue weighted by atomic mass is 10.2. The van der Waals surface area contributed by atoms with Crippen molar-refractivity contribution >= 4 is 21.4 Å². The SMILES string of the molecule is CCN1c2ccc(S(=O)(=O)N3CCOCC3)cc2N(CC(F)(F)F)C1C. The number of nitrogens with zero attached hydrogens (tertiary/aromatic N) is 3. The second-order valence-corrected chi connectivity index (χ2v) is 8.27. The van der Waals surface area contributed by atoms with E-state index >= 15 is 0 Å². The van der Waals surface area contributed by atoms with Crippen LogP contribution in [0.1, 0.15) is 13.8 Å². The third-order valence-corrected chi connectivity index (χ3v) is 6.66. The molecule has 2 heterocycles. The number of ether oxygens (including phenoxy) is 1. The maximum Gasteiger partial charge on any atom is 0.405 e. The van der Waals surface area contributed by atoms with Crippen LogP contribution in [0.2, 0.25) is 0 Å². The Hall–Kier alpha value is -1.52. The van der Waals surface area contributed by atoms with Crippen LogP contribution in [0.4, 0.5) is 24.5 Å². The van der Waals surface area contributed by atoms with Crippen LogP contribution in [-0.2, 0) is 14.8 Å². The van der Waals surface area contributed by atoms with Crippen molar-refractivity contribution in [1.82, 2.24) is 4.31 Å². The van der Waals surface area contributed by atoms with Gasteiger partial charge in [0.15, 0.2) is 0 Å². The number of alkyl halides is 3. The minimum absolute atomic E-state index is 0.00970. The van der Waals surface area contributed by atoms with Gasteiger partial charge in [0.2, 0.25) is 10.0 Å². The van der Waals surface area contributed by atoms with E-state index in [2.05, 4.69) is 0 Å². The van der Waals surface area contributed by atoms with Crippen molar-refractivity contribution in [1.29, 1.82) is 0 Å². The Morgan fingerprint density at radius 2 is 1.81 bits per heavy atom. The fourth-order valence-corrected chi connectivity index (χ4v) is 4.92. The first-order chi connectivity index (χ1) is 12.1. The molecule has 1 aromatic carbocycles. The summed E-state index contributed by atoms with van der Waals surface area (Å²) >= 11 is 0. The summed E-state index contributed by atoms with van der Waals surface area (Å²) in [6, 6.07) is 4.42. The quantitative estimate of drug-likeness (QED) is 0.786. The molecule has 0 spiro atoms. The van der Waals surface area contributed by atoms with Crippen LogP contribution in [0.25, 0.3) is 0 Å². The van der Waals surface area contributed by atoms with E-state index in [0.29, 0.717) is 31.1 Å². The molecule has 2 aliphatic rings. The van der Waals surface area contributed by atoms with Gasteiger partial charge in [-0.1, -0.05) is 0 Å². The summed E-state index contributed by atoms with van der Waals surface area (Å²) in [4.78, 5) is 3.04. The number of benzene rings is 1. The lowest BCUT2D eigenvalue weighted by molar-refractivity contribution is -0.120. The molecule has 0 bridgehead atoms. The smallest absolute Gasteiger partial charge is 0.379 e. The lowest BCUT2D eigenvalue weighted by Gasteiger charge is -2.30. The first kappa shape index (κ1) is 19.2. The zero-order valence-electron chi connectivity index (χ0n) is 14.7. The number of sulfonamides is 1. The molecule has 1 unspecified atom stereocenters. The van der Waals surface area contributed by atoms with E-state index in [-0.39, 0.29) is 18.0 Å². The average Bonchev–Trinajstić information content (AvgIpc) is 2.85. The first-order valence-corrected chi connectivity index (χ1v) is 9.91. The monoisotopic (exact) mass is 393 g/mol. The average molecular weight is 393 g/mol. The van der Waals surface area contributed by atoms with Crippen molar-refractivity contribution in [3.63, 3.8) is 0 Å². The van der Waals surface area contributed by atoms with Gasteiger partial charge >= 0.3 is 6.18 Å². The molecule has 0 amide bonds. The van der Waals surface area contributed by atoms with Gasteiger partial charge in [0.05, 0.1) is 35.6 Å². The predicted octanol–water partition coefficient (Wildman–Crippen LogP) is 2.26. The summed E-state index contributed by atoms with van der Waals surface area (Å²) in [6.45, 7) is 4.04. The number of halogens is 3. The lowest BCUT2D eigenvalue weighted by Crippen LogP contribution is -2.45. The van der Waals surface area contributed by atoms with Crippen molar-refractivity contribution in [3.8, 4) is 0 Å². The van der Waals surface area contributed by atoms with Crippen molar-refractivity contribution < 1.29 is 26.3 Å². The minimum atomic E-state index is -4.38. The molecule has 0 radical (unpaired) electrons. The Bertz CT molecular complexity index is 764. The van der Waals surface area contributed by atoms with Crippen molar-refractivity contribution in [2.75, 3.05) is 49.2 Å². The molecule has 0 aromatic heterocycles. The normalized spacial score (nSPS) is 22.0. The Morgan fingerprint density at radius 1 is 1.15 bits per heavy atom. The molecule has 26 heavy (non-hydrogen) atoms. The molecule has 0 N–H and O–H groups in total. The van der Waals surface area contributed by atoms with E-state index < -0.39 is 28.9 Å². The Labute approximate surface area is 151 Å². The van der Waals surface area contributed by atoms with Crippen LogP contribution >= 0.6 is 0 Å². The third-order valence-electron chi connectivity index (χ3n) is 4.77. The zero-order valence-corrected chi connectivity index (χ0v) is 15.5. The fourth-order valence-electron chi connectivity index (χ4n) is 3.49. The topological polar surface area (TPSA) is 53.1 Å². The predicted molar refractivity (Wildman–Crippen MR) is 91.9 cm³/mol. The van der Waals surface area contributed by atoms with Crippen LogP contribution in [0.15, 0.2) is 23.1 Å². The zero-order chi connectivity index (χ0) is 19.1. The van der Waals surface area contributed by atoms with E-state index in [1.54, 1.807) is 13.0 Å². The molecule has 146 valence electrons. The van der Waals surface area contributed by atoms with Crippen molar-refractivity contribution in [2.24, 2.45) is 0 Å². The number of hydrogen-bond donors (Lipinski definition) is 0. The highest BCUT2D eigenvalue weighted by molar-refractivity contribution is 7.89. The van der Waals surface area contributed by atoms with Gasteiger partial charge in [-0.3, -0.25) is 0 Å².